The molecule has 3 aromatic rings. The lowest BCUT2D eigenvalue weighted by Gasteiger charge is -2.34. The molecule has 0 aliphatic carbocycles. The number of hydrogen-bond acceptors (Lipinski definition) is 3. The van der Waals surface area contributed by atoms with E-state index in [2.05, 4.69) is 85.6 Å². The molecule has 0 bridgehead atoms. The lowest BCUT2D eigenvalue weighted by atomic mass is 9.94. The molecule has 3 aromatic carbocycles. The van der Waals surface area contributed by atoms with Crippen LogP contribution in [0.4, 0.5) is 17.1 Å². The molecular formula is C28H32N2O. The molecule has 0 unspecified atom stereocenters. The van der Waals surface area contributed by atoms with E-state index in [0.29, 0.717) is 6.42 Å². The van der Waals surface area contributed by atoms with Crippen molar-refractivity contribution in [3.8, 4) is 0 Å². The van der Waals surface area contributed by atoms with E-state index in [0.717, 1.165) is 37.9 Å². The smallest absolute Gasteiger partial charge is 0.120 e. The molecule has 0 saturated carbocycles. The van der Waals surface area contributed by atoms with Crippen LogP contribution in [-0.2, 0) is 24.2 Å². The number of nitrogens with zero attached hydrogens (tertiary/aromatic N) is 1. The van der Waals surface area contributed by atoms with Crippen LogP contribution in [0.2, 0.25) is 0 Å². The van der Waals surface area contributed by atoms with Gasteiger partial charge in [-0.1, -0.05) is 30.3 Å². The fraction of sp³-hybridized carbons (Fsp3) is 0.321. The Labute approximate surface area is 186 Å². The normalized spacial score (nSPS) is 13.1. The summed E-state index contributed by atoms with van der Waals surface area (Å²) >= 11 is 0. The zero-order valence-electron chi connectivity index (χ0n) is 18.9. The van der Waals surface area contributed by atoms with Crippen LogP contribution in [0, 0.1) is 20.8 Å². The maximum atomic E-state index is 10.7. The monoisotopic (exact) mass is 412 g/mol. The van der Waals surface area contributed by atoms with Crippen LogP contribution in [-0.4, -0.2) is 12.8 Å². The van der Waals surface area contributed by atoms with Crippen molar-refractivity contribution in [3.63, 3.8) is 0 Å². The Morgan fingerprint density at radius 3 is 2.61 bits per heavy atom. The Hall–Kier alpha value is -3.07. The number of fused-ring (bicyclic) bond motifs is 1. The highest BCUT2D eigenvalue weighted by Gasteiger charge is 2.22. The second-order valence-electron chi connectivity index (χ2n) is 8.65. The van der Waals surface area contributed by atoms with Crippen LogP contribution in [0.3, 0.4) is 0 Å². The first-order valence-electron chi connectivity index (χ1n) is 11.3. The van der Waals surface area contributed by atoms with E-state index in [1.54, 1.807) is 0 Å². The average Bonchev–Trinajstić information content (AvgIpc) is 2.78. The number of carbonyl (C=O) groups is 1. The molecule has 0 fully saturated rings. The molecule has 4 rings (SSSR count). The van der Waals surface area contributed by atoms with Crippen molar-refractivity contribution < 1.29 is 4.79 Å². The van der Waals surface area contributed by atoms with Gasteiger partial charge < -0.3 is 15.0 Å². The predicted molar refractivity (Wildman–Crippen MR) is 131 cm³/mol. The highest BCUT2D eigenvalue weighted by molar-refractivity contribution is 5.72. The zero-order chi connectivity index (χ0) is 21.8. The molecule has 1 heterocycles. The minimum absolute atomic E-state index is 0.583. The zero-order valence-corrected chi connectivity index (χ0v) is 18.9. The maximum absolute atomic E-state index is 10.7. The quantitative estimate of drug-likeness (QED) is 0.453. The summed E-state index contributed by atoms with van der Waals surface area (Å²) in [6, 6.07) is 19.9. The average molecular weight is 413 g/mol. The van der Waals surface area contributed by atoms with Crippen molar-refractivity contribution in [1.82, 2.24) is 0 Å². The maximum Gasteiger partial charge on any atom is 0.120 e. The first kappa shape index (κ1) is 21.2. The molecule has 0 saturated heterocycles. The fourth-order valence-electron chi connectivity index (χ4n) is 4.66. The molecule has 0 spiro atoms. The van der Waals surface area contributed by atoms with Gasteiger partial charge in [0, 0.05) is 36.6 Å². The lowest BCUT2D eigenvalue weighted by molar-refractivity contribution is -0.107. The van der Waals surface area contributed by atoms with Crippen LogP contribution >= 0.6 is 0 Å². The lowest BCUT2D eigenvalue weighted by Crippen LogP contribution is -2.26. The van der Waals surface area contributed by atoms with E-state index < -0.39 is 0 Å². The minimum Gasteiger partial charge on any atom is -0.381 e. The number of anilines is 3. The van der Waals surface area contributed by atoms with E-state index in [4.69, 9.17) is 0 Å². The van der Waals surface area contributed by atoms with Gasteiger partial charge in [0.2, 0.25) is 0 Å². The van der Waals surface area contributed by atoms with Crippen molar-refractivity contribution in [3.05, 3.63) is 88.0 Å². The van der Waals surface area contributed by atoms with Gasteiger partial charge in [-0.05, 0) is 97.7 Å². The predicted octanol–water partition coefficient (Wildman–Crippen LogP) is 6.44. The number of carbonyl (C=O) groups excluding carboxylic acids is 1. The van der Waals surface area contributed by atoms with Crippen LogP contribution in [0.25, 0.3) is 0 Å². The molecule has 1 aliphatic rings. The standard InChI is InChI=1S/C28H32N2O/c1-20-7-4-10-27(17-20)30-15-5-8-24-11-12-25(22(3)28(24)30)19-29-26-14-13-23(9-6-16-31)21(2)18-26/h4,7,10-14,16-18,29H,5-6,8-9,15,19H2,1-3H3. The van der Waals surface area contributed by atoms with Crippen molar-refractivity contribution in [2.24, 2.45) is 0 Å². The molecule has 3 nitrogen and oxygen atoms in total. The first-order valence-corrected chi connectivity index (χ1v) is 11.3. The first-order chi connectivity index (χ1) is 15.1. The topological polar surface area (TPSA) is 32.3 Å². The Morgan fingerprint density at radius 1 is 1.00 bits per heavy atom. The van der Waals surface area contributed by atoms with Gasteiger partial charge >= 0.3 is 0 Å². The molecule has 3 heteroatoms. The Bertz CT molecular complexity index is 1090. The van der Waals surface area contributed by atoms with Gasteiger partial charge in [-0.15, -0.1) is 0 Å². The van der Waals surface area contributed by atoms with Crippen molar-refractivity contribution in [2.75, 3.05) is 16.8 Å². The SMILES string of the molecule is Cc1cccc(N2CCCc3ccc(CNc4ccc(CCC=O)c(C)c4)c(C)c32)c1. The summed E-state index contributed by atoms with van der Waals surface area (Å²) in [6.45, 7) is 8.41. The summed E-state index contributed by atoms with van der Waals surface area (Å²) in [4.78, 5) is 13.2. The fourth-order valence-corrected chi connectivity index (χ4v) is 4.66. The van der Waals surface area contributed by atoms with Gasteiger partial charge in [0.1, 0.15) is 6.29 Å². The number of aryl methyl sites for hydroxylation is 4. The van der Waals surface area contributed by atoms with E-state index in [-0.39, 0.29) is 0 Å². The summed E-state index contributed by atoms with van der Waals surface area (Å²) in [5.74, 6) is 0. The van der Waals surface area contributed by atoms with Gasteiger partial charge in [0.05, 0.1) is 0 Å². The van der Waals surface area contributed by atoms with E-state index in [1.165, 1.54) is 51.2 Å². The highest BCUT2D eigenvalue weighted by Crippen LogP contribution is 2.38. The second kappa shape index (κ2) is 9.38. The number of benzene rings is 3. The molecule has 0 atom stereocenters. The van der Waals surface area contributed by atoms with Gasteiger partial charge in [-0.25, -0.2) is 0 Å². The summed E-state index contributed by atoms with van der Waals surface area (Å²) < 4.78 is 0. The van der Waals surface area contributed by atoms with Gasteiger partial charge in [0.25, 0.3) is 0 Å². The highest BCUT2D eigenvalue weighted by atomic mass is 16.1. The molecule has 0 aromatic heterocycles. The van der Waals surface area contributed by atoms with Gasteiger partial charge in [-0.2, -0.15) is 0 Å². The van der Waals surface area contributed by atoms with E-state index in [9.17, 15) is 4.79 Å². The molecule has 1 N–H and O–H groups in total. The number of hydrogen-bond donors (Lipinski definition) is 1. The van der Waals surface area contributed by atoms with Crippen LogP contribution < -0.4 is 10.2 Å². The Kier molecular flexibility index (Phi) is 6.41. The van der Waals surface area contributed by atoms with Crippen LogP contribution in [0.5, 0.6) is 0 Å². The second-order valence-corrected chi connectivity index (χ2v) is 8.65. The molecule has 0 amide bonds. The van der Waals surface area contributed by atoms with Crippen LogP contribution in [0.1, 0.15) is 46.2 Å². The third-order valence-electron chi connectivity index (χ3n) is 6.39. The van der Waals surface area contributed by atoms with Gasteiger partial charge in [-0.3, -0.25) is 0 Å². The molecular weight excluding hydrogens is 380 g/mol. The largest absolute Gasteiger partial charge is 0.381 e. The van der Waals surface area contributed by atoms with Crippen molar-refractivity contribution >= 4 is 23.3 Å². The number of aldehydes is 1. The summed E-state index contributed by atoms with van der Waals surface area (Å²) in [5, 5.41) is 3.61. The van der Waals surface area contributed by atoms with Crippen molar-refractivity contribution in [2.45, 2.75) is 53.0 Å². The van der Waals surface area contributed by atoms with Crippen LogP contribution in [0.15, 0.2) is 54.6 Å². The Balaban J connectivity index is 1.56. The van der Waals surface area contributed by atoms with E-state index >= 15 is 0 Å². The van der Waals surface area contributed by atoms with E-state index in [1.807, 2.05) is 0 Å². The van der Waals surface area contributed by atoms with Gasteiger partial charge in [0.15, 0.2) is 0 Å². The molecule has 1 aliphatic heterocycles. The number of nitrogens with one attached hydrogen (secondary N) is 1. The molecule has 31 heavy (non-hydrogen) atoms. The third-order valence-corrected chi connectivity index (χ3v) is 6.39. The molecule has 160 valence electrons. The number of rotatable bonds is 7. The van der Waals surface area contributed by atoms with Crippen molar-refractivity contribution in [1.29, 1.82) is 0 Å². The Morgan fingerprint density at radius 2 is 1.84 bits per heavy atom. The summed E-state index contributed by atoms with van der Waals surface area (Å²) in [5.41, 5.74) is 11.7. The summed E-state index contributed by atoms with van der Waals surface area (Å²) in [6.07, 6.45) is 4.72. The molecule has 0 radical (unpaired) electrons. The minimum atomic E-state index is 0.583. The summed E-state index contributed by atoms with van der Waals surface area (Å²) in [7, 11) is 0. The third kappa shape index (κ3) is 4.66.